The van der Waals surface area contributed by atoms with Gasteiger partial charge in [-0.05, 0) is 81.4 Å². The summed E-state index contributed by atoms with van der Waals surface area (Å²) in [5, 5.41) is 10.7. The van der Waals surface area contributed by atoms with Gasteiger partial charge in [-0.2, -0.15) is 0 Å². The van der Waals surface area contributed by atoms with E-state index in [0.29, 0.717) is 18.4 Å². The van der Waals surface area contributed by atoms with E-state index >= 15 is 0 Å². The quantitative estimate of drug-likeness (QED) is 0.351. The van der Waals surface area contributed by atoms with Gasteiger partial charge in [0.1, 0.15) is 5.82 Å². The highest BCUT2D eigenvalue weighted by molar-refractivity contribution is 6.62. The van der Waals surface area contributed by atoms with Gasteiger partial charge >= 0.3 is 7.12 Å². The number of anilines is 1. The molecule has 3 aromatic rings. The van der Waals surface area contributed by atoms with E-state index in [0.717, 1.165) is 16.7 Å². The van der Waals surface area contributed by atoms with E-state index < -0.39 is 24.4 Å². The molecule has 3 atom stereocenters. The van der Waals surface area contributed by atoms with Crippen LogP contribution in [-0.4, -0.2) is 29.3 Å². The van der Waals surface area contributed by atoms with E-state index in [1.54, 1.807) is 12.1 Å². The minimum atomic E-state index is -0.759. The molecule has 5 rings (SSSR count). The van der Waals surface area contributed by atoms with Gasteiger partial charge in [0, 0.05) is 5.69 Å². The molecule has 0 bridgehead atoms. The Balaban J connectivity index is 1.36. The van der Waals surface area contributed by atoms with E-state index in [4.69, 9.17) is 9.31 Å². The number of aliphatic hydroxyl groups excluding tert-OH is 1. The molecule has 5 nitrogen and oxygen atoms in total. The van der Waals surface area contributed by atoms with Gasteiger partial charge in [0.2, 0.25) is 5.91 Å². The van der Waals surface area contributed by atoms with Gasteiger partial charge in [-0.3, -0.25) is 4.79 Å². The lowest BCUT2D eigenvalue weighted by molar-refractivity contribution is -0.131. The van der Waals surface area contributed by atoms with Crippen LogP contribution in [0, 0.1) is 11.7 Å². The molecule has 0 unspecified atom stereocenters. The fraction of sp³-hybridized carbons (Fsp3) is 0.367. The molecule has 37 heavy (non-hydrogen) atoms. The number of para-hydroxylation sites is 1. The maximum Gasteiger partial charge on any atom is 0.494 e. The molecule has 2 fully saturated rings. The van der Waals surface area contributed by atoms with Crippen LogP contribution in [0.25, 0.3) is 0 Å². The average molecular weight is 501 g/mol. The zero-order chi connectivity index (χ0) is 26.4. The predicted molar refractivity (Wildman–Crippen MR) is 143 cm³/mol. The second-order valence-electron chi connectivity index (χ2n) is 11.0. The molecule has 2 saturated heterocycles. The van der Waals surface area contributed by atoms with E-state index in [2.05, 4.69) is 0 Å². The Hall–Kier alpha value is -3.00. The molecule has 1 N–H and O–H groups in total. The van der Waals surface area contributed by atoms with Crippen LogP contribution in [0.1, 0.15) is 63.8 Å². The largest absolute Gasteiger partial charge is 0.494 e. The second-order valence-corrected chi connectivity index (χ2v) is 11.0. The molecule has 0 radical (unpaired) electrons. The highest BCUT2D eigenvalue weighted by atomic mass is 19.1. The van der Waals surface area contributed by atoms with Crippen molar-refractivity contribution in [2.75, 3.05) is 4.90 Å². The molecule has 1 amide bonds. The number of carbonyl (C=O) groups is 1. The molecule has 2 heterocycles. The smallest absolute Gasteiger partial charge is 0.399 e. The first kappa shape index (κ1) is 25.6. The van der Waals surface area contributed by atoms with Crippen molar-refractivity contribution in [3.63, 3.8) is 0 Å². The monoisotopic (exact) mass is 501 g/mol. The summed E-state index contributed by atoms with van der Waals surface area (Å²) in [5.41, 5.74) is 2.61. The third-order valence-electron chi connectivity index (χ3n) is 8.06. The van der Waals surface area contributed by atoms with E-state index in [-0.39, 0.29) is 23.7 Å². The number of aliphatic hydroxyl groups is 1. The van der Waals surface area contributed by atoms with Gasteiger partial charge in [0.05, 0.1) is 29.3 Å². The normalized spacial score (nSPS) is 23.1. The molecule has 0 aliphatic carbocycles. The first-order valence-corrected chi connectivity index (χ1v) is 12.8. The number of nitrogens with zero attached hydrogens (tertiary/aromatic N) is 1. The highest BCUT2D eigenvalue weighted by Gasteiger charge is 2.52. The zero-order valence-corrected chi connectivity index (χ0v) is 21.7. The molecular formula is C30H33BFNO4. The Morgan fingerprint density at radius 2 is 1.51 bits per heavy atom. The topological polar surface area (TPSA) is 59.0 Å². The fourth-order valence-electron chi connectivity index (χ4n) is 5.11. The van der Waals surface area contributed by atoms with E-state index in [1.807, 2.05) is 87.2 Å². The summed E-state index contributed by atoms with van der Waals surface area (Å²) in [5.74, 6) is -0.566. The van der Waals surface area contributed by atoms with E-state index in [1.165, 1.54) is 12.1 Å². The van der Waals surface area contributed by atoms with Crippen LogP contribution in [0.2, 0.25) is 0 Å². The maximum absolute atomic E-state index is 13.3. The maximum atomic E-state index is 13.3. The molecule has 2 aliphatic rings. The molecule has 3 aromatic carbocycles. The number of benzene rings is 3. The lowest BCUT2D eigenvalue weighted by Crippen LogP contribution is -2.55. The van der Waals surface area contributed by atoms with Gasteiger partial charge in [0.15, 0.2) is 0 Å². The minimum Gasteiger partial charge on any atom is -0.399 e. The van der Waals surface area contributed by atoms with Gasteiger partial charge in [-0.25, -0.2) is 4.39 Å². The highest BCUT2D eigenvalue weighted by Crippen LogP contribution is 2.46. The van der Waals surface area contributed by atoms with Gasteiger partial charge in [-0.1, -0.05) is 54.6 Å². The van der Waals surface area contributed by atoms with Gasteiger partial charge in [0.25, 0.3) is 0 Å². The Morgan fingerprint density at radius 1 is 0.919 bits per heavy atom. The summed E-state index contributed by atoms with van der Waals surface area (Å²) in [6.45, 7) is 8.13. The predicted octanol–water partition coefficient (Wildman–Crippen LogP) is 5.34. The van der Waals surface area contributed by atoms with Crippen LogP contribution in [0.3, 0.4) is 0 Å². The number of hydrogen-bond acceptors (Lipinski definition) is 4. The number of hydrogen-bond donors (Lipinski definition) is 1. The van der Waals surface area contributed by atoms with Crippen molar-refractivity contribution in [1.82, 2.24) is 0 Å². The summed E-state index contributed by atoms with van der Waals surface area (Å²) < 4.78 is 25.7. The van der Waals surface area contributed by atoms with Crippen molar-refractivity contribution in [2.24, 2.45) is 5.92 Å². The van der Waals surface area contributed by atoms with Crippen LogP contribution in [0.4, 0.5) is 10.1 Å². The number of β-lactam (4-membered cyclic amide) rings is 1. The number of carbonyl (C=O) groups excluding carboxylic acids is 1. The molecule has 0 spiro atoms. The molecule has 192 valence electrons. The van der Waals surface area contributed by atoms with Crippen molar-refractivity contribution < 1.29 is 23.6 Å². The first-order valence-electron chi connectivity index (χ1n) is 12.8. The van der Waals surface area contributed by atoms with Crippen molar-refractivity contribution in [2.45, 2.75) is 63.9 Å². The Kier molecular flexibility index (Phi) is 6.73. The van der Waals surface area contributed by atoms with Crippen molar-refractivity contribution in [3.05, 3.63) is 95.8 Å². The van der Waals surface area contributed by atoms with Crippen molar-refractivity contribution >= 4 is 24.2 Å². The van der Waals surface area contributed by atoms with Crippen LogP contribution < -0.4 is 10.4 Å². The Labute approximate surface area is 218 Å². The molecule has 7 heteroatoms. The van der Waals surface area contributed by atoms with Crippen LogP contribution in [0.15, 0.2) is 78.9 Å². The van der Waals surface area contributed by atoms with Gasteiger partial charge in [-0.15, -0.1) is 0 Å². The number of rotatable bonds is 7. The van der Waals surface area contributed by atoms with Crippen LogP contribution in [0.5, 0.6) is 0 Å². The lowest BCUT2D eigenvalue weighted by atomic mass is 9.75. The van der Waals surface area contributed by atoms with Crippen LogP contribution >= 0.6 is 0 Å². The van der Waals surface area contributed by atoms with Crippen molar-refractivity contribution in [3.8, 4) is 0 Å². The van der Waals surface area contributed by atoms with E-state index in [9.17, 15) is 14.3 Å². The minimum absolute atomic E-state index is 0.0394. The summed E-state index contributed by atoms with van der Waals surface area (Å²) in [4.78, 5) is 15.1. The molecular weight excluding hydrogens is 468 g/mol. The average Bonchev–Trinajstić information content (AvgIpc) is 3.10. The summed E-state index contributed by atoms with van der Waals surface area (Å²) in [6.07, 6.45) is 0.169. The summed E-state index contributed by atoms with van der Waals surface area (Å²) in [7, 11) is -0.450. The zero-order valence-electron chi connectivity index (χ0n) is 21.7. The SMILES string of the molecule is CC1(C)OB(c2ccc([C@@H]3[C@@H](CC[C@H](O)c4ccc(F)cc4)C(=O)N3c3ccccc3)cc2)OC1(C)C. The number of halogens is 1. The summed E-state index contributed by atoms with van der Waals surface area (Å²) >= 11 is 0. The standard InChI is InChI=1S/C30H33BFNO4/c1-29(2)30(3,4)37-31(36-29)22-14-10-21(11-15-22)27-25(28(35)33(27)24-8-6-5-7-9-24)18-19-26(34)20-12-16-23(32)17-13-20/h5-17,25-27,34H,18-19H2,1-4H3/t25-,26+,27-/m1/s1. The third-order valence-corrected chi connectivity index (χ3v) is 8.06. The second kappa shape index (κ2) is 9.71. The van der Waals surface area contributed by atoms with Gasteiger partial charge < -0.3 is 19.3 Å². The first-order chi connectivity index (χ1) is 17.6. The molecule has 0 saturated carbocycles. The van der Waals surface area contributed by atoms with Crippen LogP contribution in [-0.2, 0) is 14.1 Å². The third kappa shape index (κ3) is 4.84. The fourth-order valence-corrected chi connectivity index (χ4v) is 5.11. The Morgan fingerprint density at radius 3 is 2.11 bits per heavy atom. The van der Waals surface area contributed by atoms with Crippen molar-refractivity contribution in [1.29, 1.82) is 0 Å². The Bertz CT molecular complexity index is 1230. The lowest BCUT2D eigenvalue weighted by Gasteiger charge is -2.48. The molecule has 2 aliphatic heterocycles. The number of amides is 1. The summed E-state index contributed by atoms with van der Waals surface area (Å²) in [6, 6.07) is 23.5. The molecule has 0 aromatic heterocycles.